The van der Waals surface area contributed by atoms with Gasteiger partial charge in [-0.15, -0.1) is 0 Å². The first-order valence-corrected chi connectivity index (χ1v) is 8.54. The molecule has 0 radical (unpaired) electrons. The van der Waals surface area contributed by atoms with E-state index in [1.807, 2.05) is 0 Å². The maximum absolute atomic E-state index is 12.3. The van der Waals surface area contributed by atoms with E-state index >= 15 is 0 Å². The number of sulfonamides is 1. The average Bonchev–Trinajstić information content (AvgIpc) is 2.44. The van der Waals surface area contributed by atoms with Gasteiger partial charge in [0.25, 0.3) is 0 Å². The van der Waals surface area contributed by atoms with Gasteiger partial charge in [0.2, 0.25) is 15.9 Å². The second-order valence-corrected chi connectivity index (χ2v) is 7.47. The van der Waals surface area contributed by atoms with Gasteiger partial charge in [-0.2, -0.15) is 4.31 Å². The Morgan fingerprint density at radius 2 is 2.00 bits per heavy atom. The maximum Gasteiger partial charge on any atom is 0.312 e. The van der Waals surface area contributed by atoms with Crippen molar-refractivity contribution in [3.63, 3.8) is 0 Å². The molecule has 2 rings (SSSR count). The van der Waals surface area contributed by atoms with Gasteiger partial charge in [-0.3, -0.25) is 9.59 Å². The van der Waals surface area contributed by atoms with Gasteiger partial charge in [0.1, 0.15) is 0 Å². The monoisotopic (exact) mass is 326 g/mol. The Hall–Kier alpha value is -1.93. The Kier molecular flexibility index (Phi) is 4.52. The number of aliphatic carboxylic acids is 1. The van der Waals surface area contributed by atoms with Crippen molar-refractivity contribution >= 4 is 21.9 Å². The van der Waals surface area contributed by atoms with Gasteiger partial charge in [-0.05, 0) is 11.1 Å². The number of carbonyl (C=O) groups excluding carboxylic acids is 1. The number of rotatable bonds is 4. The lowest BCUT2D eigenvalue weighted by Crippen LogP contribution is -2.45. The molecule has 1 aromatic carbocycles. The molecule has 1 unspecified atom stereocenters. The number of carbonyl (C=O) groups is 2. The highest BCUT2D eigenvalue weighted by Gasteiger charge is 2.33. The van der Waals surface area contributed by atoms with Crippen molar-refractivity contribution in [3.8, 4) is 0 Å². The van der Waals surface area contributed by atoms with E-state index < -0.39 is 27.8 Å². The normalized spacial score (nSPS) is 18.1. The van der Waals surface area contributed by atoms with Crippen LogP contribution in [0.25, 0.3) is 0 Å². The van der Waals surface area contributed by atoms with Gasteiger partial charge >= 0.3 is 5.97 Å². The number of benzene rings is 1. The van der Waals surface area contributed by atoms with E-state index in [4.69, 9.17) is 0 Å². The average molecular weight is 326 g/mol. The van der Waals surface area contributed by atoms with Crippen molar-refractivity contribution in [1.29, 1.82) is 0 Å². The van der Waals surface area contributed by atoms with Crippen LogP contribution in [-0.4, -0.2) is 61.0 Å². The second-order valence-electron chi connectivity index (χ2n) is 5.38. The minimum atomic E-state index is -3.46. The molecular weight excluding hydrogens is 308 g/mol. The number of carboxylic acid groups (broad SMARTS) is 1. The zero-order valence-corrected chi connectivity index (χ0v) is 13.2. The number of nitrogens with zero attached hydrogens (tertiary/aromatic N) is 2. The minimum absolute atomic E-state index is 0.0444. The Bertz CT molecular complexity index is 701. The summed E-state index contributed by atoms with van der Waals surface area (Å²) in [6.45, 7) is 0.0342. The number of likely N-dealkylation sites (N-methyl/N-ethyl adjacent to an activating group) is 1. The predicted octanol–water partition coefficient (Wildman–Crippen LogP) is 0.0884. The first-order chi connectivity index (χ1) is 10.2. The number of fused-ring (bicyclic) bond motifs is 1. The number of hydrogen-bond donors (Lipinski definition) is 1. The Morgan fingerprint density at radius 3 is 2.59 bits per heavy atom. The van der Waals surface area contributed by atoms with Gasteiger partial charge in [-0.1, -0.05) is 24.3 Å². The zero-order chi connectivity index (χ0) is 16.5. The molecule has 0 fully saturated rings. The van der Waals surface area contributed by atoms with Crippen LogP contribution in [0, 0.1) is 0 Å². The van der Waals surface area contributed by atoms with Crippen LogP contribution in [0.1, 0.15) is 17.0 Å². The topological polar surface area (TPSA) is 95.0 Å². The lowest BCUT2D eigenvalue weighted by Gasteiger charge is -2.33. The summed E-state index contributed by atoms with van der Waals surface area (Å²) in [4.78, 5) is 25.1. The molecule has 0 saturated heterocycles. The Labute approximate surface area is 129 Å². The van der Waals surface area contributed by atoms with E-state index in [1.165, 1.54) is 11.9 Å². The van der Waals surface area contributed by atoms with Crippen LogP contribution in [-0.2, 0) is 26.2 Å². The molecule has 8 heteroatoms. The minimum Gasteiger partial charge on any atom is -0.481 e. The summed E-state index contributed by atoms with van der Waals surface area (Å²) < 4.78 is 23.7. The molecule has 0 aromatic heterocycles. The van der Waals surface area contributed by atoms with Crippen LogP contribution in [0.5, 0.6) is 0 Å². The van der Waals surface area contributed by atoms with Gasteiger partial charge in [0, 0.05) is 20.1 Å². The van der Waals surface area contributed by atoms with E-state index in [9.17, 15) is 23.1 Å². The van der Waals surface area contributed by atoms with Crippen molar-refractivity contribution in [2.24, 2.45) is 0 Å². The third-order valence-corrected chi connectivity index (χ3v) is 5.03. The van der Waals surface area contributed by atoms with E-state index in [1.54, 1.807) is 24.3 Å². The molecule has 0 aliphatic carbocycles. The van der Waals surface area contributed by atoms with Crippen molar-refractivity contribution in [2.75, 3.05) is 26.4 Å². The SMILES string of the molecule is CN(CC(=O)N1Cc2ccccc2C(C(=O)O)C1)S(C)(=O)=O. The summed E-state index contributed by atoms with van der Waals surface area (Å²) in [5, 5.41) is 9.35. The largest absolute Gasteiger partial charge is 0.481 e. The number of hydrogen-bond acceptors (Lipinski definition) is 4. The van der Waals surface area contributed by atoms with Crippen LogP contribution in [0.3, 0.4) is 0 Å². The van der Waals surface area contributed by atoms with Crippen LogP contribution in [0.2, 0.25) is 0 Å². The fraction of sp³-hybridized carbons (Fsp3) is 0.429. The fourth-order valence-corrected chi connectivity index (χ4v) is 2.76. The highest BCUT2D eigenvalue weighted by molar-refractivity contribution is 7.88. The smallest absolute Gasteiger partial charge is 0.312 e. The van der Waals surface area contributed by atoms with Crippen molar-refractivity contribution in [3.05, 3.63) is 35.4 Å². The van der Waals surface area contributed by atoms with Crippen molar-refractivity contribution < 1.29 is 23.1 Å². The second kappa shape index (κ2) is 6.05. The predicted molar refractivity (Wildman–Crippen MR) is 79.7 cm³/mol. The van der Waals surface area contributed by atoms with Crippen LogP contribution < -0.4 is 0 Å². The number of carboxylic acids is 1. The maximum atomic E-state index is 12.3. The van der Waals surface area contributed by atoms with Gasteiger partial charge in [-0.25, -0.2) is 8.42 Å². The molecule has 1 aliphatic rings. The molecule has 1 aromatic rings. The van der Waals surface area contributed by atoms with Crippen LogP contribution in [0.15, 0.2) is 24.3 Å². The summed E-state index contributed by atoms with van der Waals surface area (Å²) in [5.74, 6) is -2.20. The quantitative estimate of drug-likeness (QED) is 0.846. The van der Waals surface area contributed by atoms with Gasteiger partial charge < -0.3 is 10.0 Å². The first kappa shape index (κ1) is 16.4. The standard InChI is InChI=1S/C14H18N2O5S/c1-15(22(2,20)21)9-13(17)16-7-10-5-3-4-6-11(10)12(8-16)14(18)19/h3-6,12H,7-9H2,1-2H3,(H,18,19). The van der Waals surface area contributed by atoms with E-state index in [0.717, 1.165) is 16.1 Å². The van der Waals surface area contributed by atoms with Crippen LogP contribution in [0.4, 0.5) is 0 Å². The van der Waals surface area contributed by atoms with Crippen LogP contribution >= 0.6 is 0 Å². The zero-order valence-electron chi connectivity index (χ0n) is 12.4. The fourth-order valence-electron chi connectivity index (χ4n) is 2.42. The third-order valence-electron chi connectivity index (χ3n) is 3.77. The van der Waals surface area contributed by atoms with Crippen molar-refractivity contribution in [1.82, 2.24) is 9.21 Å². The Balaban J connectivity index is 2.21. The lowest BCUT2D eigenvalue weighted by molar-refractivity contribution is -0.141. The molecule has 0 spiro atoms. The highest BCUT2D eigenvalue weighted by atomic mass is 32.2. The van der Waals surface area contributed by atoms with E-state index in [0.29, 0.717) is 5.56 Å². The highest BCUT2D eigenvalue weighted by Crippen LogP contribution is 2.28. The Morgan fingerprint density at radius 1 is 1.36 bits per heavy atom. The lowest BCUT2D eigenvalue weighted by atomic mass is 9.90. The number of amides is 1. The first-order valence-electron chi connectivity index (χ1n) is 6.70. The third kappa shape index (κ3) is 3.45. The summed E-state index contributed by atoms with van der Waals surface area (Å²) in [6.07, 6.45) is 1.02. The molecule has 22 heavy (non-hydrogen) atoms. The summed E-state index contributed by atoms with van der Waals surface area (Å²) in [7, 11) is -2.14. The molecule has 1 heterocycles. The molecular formula is C14H18N2O5S. The van der Waals surface area contributed by atoms with E-state index in [2.05, 4.69) is 0 Å². The summed E-state index contributed by atoms with van der Waals surface area (Å²) in [6, 6.07) is 7.08. The molecule has 1 amide bonds. The van der Waals surface area contributed by atoms with E-state index in [-0.39, 0.29) is 19.6 Å². The van der Waals surface area contributed by atoms with Gasteiger partial charge in [0.05, 0.1) is 18.7 Å². The molecule has 0 bridgehead atoms. The molecule has 120 valence electrons. The summed E-state index contributed by atoms with van der Waals surface area (Å²) in [5.41, 5.74) is 1.48. The van der Waals surface area contributed by atoms with Gasteiger partial charge in [0.15, 0.2) is 0 Å². The molecule has 7 nitrogen and oxygen atoms in total. The van der Waals surface area contributed by atoms with Crippen molar-refractivity contribution in [2.45, 2.75) is 12.5 Å². The summed E-state index contributed by atoms with van der Waals surface area (Å²) >= 11 is 0. The molecule has 1 aliphatic heterocycles. The molecule has 0 saturated carbocycles. The molecule has 1 atom stereocenters. The molecule has 1 N–H and O–H groups in total.